The van der Waals surface area contributed by atoms with Gasteiger partial charge < -0.3 is 5.11 Å². The fourth-order valence-corrected chi connectivity index (χ4v) is 2.15. The van der Waals surface area contributed by atoms with E-state index in [9.17, 15) is 5.11 Å². The molecule has 3 nitrogen and oxygen atoms in total. The van der Waals surface area contributed by atoms with Gasteiger partial charge in [0, 0.05) is 0 Å². The lowest BCUT2D eigenvalue weighted by molar-refractivity contribution is 0.480. The van der Waals surface area contributed by atoms with Crippen molar-refractivity contribution < 1.29 is 5.11 Å². The van der Waals surface area contributed by atoms with E-state index in [1.54, 1.807) is 12.1 Å². The van der Waals surface area contributed by atoms with Crippen LogP contribution in [0.25, 0.3) is 22.1 Å². The van der Waals surface area contributed by atoms with E-state index < -0.39 is 0 Å². The second-order valence-corrected chi connectivity index (χ2v) is 5.82. The largest absolute Gasteiger partial charge is 0.506 e. The molecule has 0 fully saturated rings. The summed E-state index contributed by atoms with van der Waals surface area (Å²) in [5, 5.41) is 9.81. The third kappa shape index (κ3) is 2.01. The lowest BCUT2D eigenvalue weighted by Gasteiger charge is -2.19. The molecule has 0 aliphatic heterocycles. The highest BCUT2D eigenvalue weighted by Gasteiger charge is 2.15. The predicted octanol–water partition coefficient (Wildman–Crippen LogP) is 3.79. The number of hydrogen-bond acceptors (Lipinski definition) is 3. The molecule has 1 N–H and O–H groups in total. The maximum Gasteiger partial charge on any atom is 0.143 e. The fourth-order valence-electron chi connectivity index (χ4n) is 2.15. The van der Waals surface area contributed by atoms with Gasteiger partial charge in [-0.05, 0) is 35.2 Å². The number of phenolic OH excluding ortho intramolecular Hbond substituents is 1. The molecule has 3 heteroatoms. The molecule has 2 aromatic carbocycles. The van der Waals surface area contributed by atoms with Crippen LogP contribution in [0, 0.1) is 0 Å². The van der Waals surface area contributed by atoms with E-state index in [1.165, 1.54) is 5.56 Å². The smallest absolute Gasteiger partial charge is 0.143 e. The highest BCUT2D eigenvalue weighted by atomic mass is 16.3. The third-order valence-corrected chi connectivity index (χ3v) is 3.31. The fraction of sp³-hybridized carbons (Fsp3) is 0.250. The maximum absolute atomic E-state index is 9.81. The van der Waals surface area contributed by atoms with Crippen LogP contribution in [-0.4, -0.2) is 15.1 Å². The molecule has 0 spiro atoms. The van der Waals surface area contributed by atoms with Gasteiger partial charge in [0.15, 0.2) is 0 Å². The molecule has 3 aromatic rings. The first-order valence-corrected chi connectivity index (χ1v) is 6.35. The number of nitrogens with zero attached hydrogens (tertiary/aromatic N) is 2. The molecule has 0 aliphatic rings. The van der Waals surface area contributed by atoms with Crippen molar-refractivity contribution in [1.82, 2.24) is 9.97 Å². The highest BCUT2D eigenvalue weighted by Crippen LogP contribution is 2.27. The summed E-state index contributed by atoms with van der Waals surface area (Å²) in [6.45, 7) is 6.53. The first kappa shape index (κ1) is 11.9. The van der Waals surface area contributed by atoms with Gasteiger partial charge >= 0.3 is 0 Å². The molecular formula is C16H16N2O. The summed E-state index contributed by atoms with van der Waals surface area (Å²) in [4.78, 5) is 9.08. The Morgan fingerprint density at radius 3 is 2.42 bits per heavy atom. The Morgan fingerprint density at radius 1 is 0.895 bits per heavy atom. The Morgan fingerprint density at radius 2 is 1.68 bits per heavy atom. The Bertz CT molecular complexity index is 773. The Hall–Kier alpha value is -2.16. The molecule has 0 unspecified atom stereocenters. The molecule has 1 heterocycles. The molecule has 0 saturated carbocycles. The zero-order valence-electron chi connectivity index (χ0n) is 11.3. The van der Waals surface area contributed by atoms with Crippen LogP contribution in [0.1, 0.15) is 26.3 Å². The van der Waals surface area contributed by atoms with Gasteiger partial charge in [0.2, 0.25) is 0 Å². The summed E-state index contributed by atoms with van der Waals surface area (Å²) in [7, 11) is 0. The molecule has 0 saturated heterocycles. The van der Waals surface area contributed by atoms with Crippen molar-refractivity contribution in [3.63, 3.8) is 0 Å². The number of para-hydroxylation sites is 1. The van der Waals surface area contributed by atoms with Crippen LogP contribution >= 0.6 is 0 Å². The van der Waals surface area contributed by atoms with Gasteiger partial charge in [0.1, 0.15) is 11.3 Å². The predicted molar refractivity (Wildman–Crippen MR) is 77.4 cm³/mol. The van der Waals surface area contributed by atoms with Crippen molar-refractivity contribution >= 4 is 22.1 Å². The minimum atomic E-state index is 0.0870. The second kappa shape index (κ2) is 3.92. The van der Waals surface area contributed by atoms with Crippen molar-refractivity contribution in [2.45, 2.75) is 26.2 Å². The van der Waals surface area contributed by atoms with E-state index >= 15 is 0 Å². The standard InChI is InChI=1S/C16H16N2O/c1-16(2,3)10-7-8-11-13(9-10)17-12-5-4-6-14(19)15(12)18-11/h4-9,19H,1-3H3. The molecule has 1 aromatic heterocycles. The Kier molecular flexibility index (Phi) is 2.45. The van der Waals surface area contributed by atoms with E-state index in [1.807, 2.05) is 12.1 Å². The molecule has 3 rings (SSSR count). The van der Waals surface area contributed by atoms with Crippen LogP contribution in [-0.2, 0) is 5.41 Å². The van der Waals surface area contributed by atoms with Crippen LogP contribution < -0.4 is 0 Å². The monoisotopic (exact) mass is 252 g/mol. The number of aromatic nitrogens is 2. The minimum absolute atomic E-state index is 0.0870. The third-order valence-electron chi connectivity index (χ3n) is 3.31. The summed E-state index contributed by atoms with van der Waals surface area (Å²) in [6, 6.07) is 11.4. The molecule has 0 radical (unpaired) electrons. The lowest BCUT2D eigenvalue weighted by Crippen LogP contribution is -2.10. The number of benzene rings is 2. The van der Waals surface area contributed by atoms with Crippen molar-refractivity contribution in [3.05, 3.63) is 42.0 Å². The molecule has 0 atom stereocenters. The second-order valence-electron chi connectivity index (χ2n) is 5.82. The number of fused-ring (bicyclic) bond motifs is 2. The van der Waals surface area contributed by atoms with Gasteiger partial charge in [-0.25, -0.2) is 9.97 Å². The molecule has 19 heavy (non-hydrogen) atoms. The SMILES string of the molecule is CC(C)(C)c1ccc2nc3c(O)cccc3nc2c1. The Labute approximate surface area is 111 Å². The number of hydrogen-bond donors (Lipinski definition) is 1. The zero-order chi connectivity index (χ0) is 13.6. The maximum atomic E-state index is 9.81. The van der Waals surface area contributed by atoms with Gasteiger partial charge in [0.05, 0.1) is 16.6 Å². The first-order valence-electron chi connectivity index (χ1n) is 6.35. The van der Waals surface area contributed by atoms with E-state index in [4.69, 9.17) is 0 Å². The van der Waals surface area contributed by atoms with E-state index in [0.29, 0.717) is 5.52 Å². The van der Waals surface area contributed by atoms with Gasteiger partial charge in [-0.15, -0.1) is 0 Å². The zero-order valence-corrected chi connectivity index (χ0v) is 11.3. The van der Waals surface area contributed by atoms with Gasteiger partial charge in [0.25, 0.3) is 0 Å². The summed E-state index contributed by atoms with van der Waals surface area (Å²) < 4.78 is 0. The topological polar surface area (TPSA) is 46.0 Å². The van der Waals surface area contributed by atoms with Gasteiger partial charge in [-0.3, -0.25) is 0 Å². The average Bonchev–Trinajstić information content (AvgIpc) is 2.35. The molecule has 0 amide bonds. The van der Waals surface area contributed by atoms with E-state index in [-0.39, 0.29) is 11.2 Å². The van der Waals surface area contributed by atoms with Crippen molar-refractivity contribution in [3.8, 4) is 5.75 Å². The van der Waals surface area contributed by atoms with Crippen LogP contribution in [0.4, 0.5) is 0 Å². The van der Waals surface area contributed by atoms with Crippen LogP contribution in [0.3, 0.4) is 0 Å². The first-order chi connectivity index (χ1) is 8.95. The average molecular weight is 252 g/mol. The number of aromatic hydroxyl groups is 1. The molecular weight excluding hydrogens is 236 g/mol. The van der Waals surface area contributed by atoms with Crippen molar-refractivity contribution in [2.24, 2.45) is 0 Å². The van der Waals surface area contributed by atoms with Gasteiger partial charge in [-0.1, -0.05) is 32.9 Å². The molecule has 96 valence electrons. The van der Waals surface area contributed by atoms with Gasteiger partial charge in [-0.2, -0.15) is 0 Å². The quantitative estimate of drug-likeness (QED) is 0.619. The van der Waals surface area contributed by atoms with E-state index in [2.05, 4.69) is 42.9 Å². The highest BCUT2D eigenvalue weighted by molar-refractivity contribution is 5.89. The van der Waals surface area contributed by atoms with Crippen LogP contribution in [0.5, 0.6) is 5.75 Å². The van der Waals surface area contributed by atoms with E-state index in [0.717, 1.165) is 16.6 Å². The molecule has 0 aliphatic carbocycles. The summed E-state index contributed by atoms with van der Waals surface area (Å²) >= 11 is 0. The van der Waals surface area contributed by atoms with Crippen LogP contribution in [0.2, 0.25) is 0 Å². The molecule has 0 bridgehead atoms. The van der Waals surface area contributed by atoms with Crippen molar-refractivity contribution in [2.75, 3.05) is 0 Å². The van der Waals surface area contributed by atoms with Crippen molar-refractivity contribution in [1.29, 1.82) is 0 Å². The lowest BCUT2D eigenvalue weighted by atomic mass is 9.87. The summed E-state index contributed by atoms with van der Waals surface area (Å²) in [5.41, 5.74) is 4.27. The number of phenols is 1. The summed E-state index contributed by atoms with van der Waals surface area (Å²) in [6.07, 6.45) is 0. The van der Waals surface area contributed by atoms with Crippen LogP contribution in [0.15, 0.2) is 36.4 Å². The summed E-state index contributed by atoms with van der Waals surface area (Å²) in [5.74, 6) is 0.173. The number of rotatable bonds is 0. The minimum Gasteiger partial charge on any atom is -0.506 e. The normalized spacial score (nSPS) is 12.2. The Balaban J connectivity index is 2.33.